The van der Waals surface area contributed by atoms with E-state index >= 15 is 0 Å². The summed E-state index contributed by atoms with van der Waals surface area (Å²) < 4.78 is 29.6. The summed E-state index contributed by atoms with van der Waals surface area (Å²) in [5.41, 5.74) is -0.654. The summed E-state index contributed by atoms with van der Waals surface area (Å²) in [5.74, 6) is -0.580. The van der Waals surface area contributed by atoms with Crippen molar-refractivity contribution in [3.05, 3.63) is 0 Å². The summed E-state index contributed by atoms with van der Waals surface area (Å²) in [6, 6.07) is 0. The van der Waals surface area contributed by atoms with Crippen LogP contribution in [0.15, 0.2) is 0 Å². The van der Waals surface area contributed by atoms with E-state index in [9.17, 15) is 13.2 Å². The molecule has 1 amide bonds. The number of rotatable bonds is 4. The molecule has 0 aliphatic rings. The van der Waals surface area contributed by atoms with E-state index in [-0.39, 0.29) is 18.2 Å². The Labute approximate surface area is 78.3 Å². The van der Waals surface area contributed by atoms with Crippen LogP contribution in [-0.4, -0.2) is 31.2 Å². The van der Waals surface area contributed by atoms with Gasteiger partial charge in [0.25, 0.3) is 10.1 Å². The third-order valence-electron chi connectivity index (χ3n) is 1.39. The van der Waals surface area contributed by atoms with Crippen LogP contribution in [0.1, 0.15) is 20.8 Å². The predicted molar refractivity (Wildman–Crippen MR) is 48.9 cm³/mol. The molecule has 0 heterocycles. The fraction of sp³-hybridized carbons (Fsp3) is 0.857. The Morgan fingerprint density at radius 2 is 1.92 bits per heavy atom. The molecule has 13 heavy (non-hydrogen) atoms. The largest absolute Gasteiger partial charge is 0.356 e. The van der Waals surface area contributed by atoms with Crippen LogP contribution in [0.3, 0.4) is 0 Å². The Balaban J connectivity index is 4.17. The van der Waals surface area contributed by atoms with E-state index in [4.69, 9.17) is 4.55 Å². The minimum atomic E-state index is -3.98. The van der Waals surface area contributed by atoms with Gasteiger partial charge >= 0.3 is 0 Å². The van der Waals surface area contributed by atoms with E-state index in [0.717, 1.165) is 0 Å². The molecule has 0 saturated heterocycles. The van der Waals surface area contributed by atoms with Crippen molar-refractivity contribution in [3.8, 4) is 0 Å². The SMILES string of the molecule is CC(=O)NCC(C)(C)CS(=O)(=O)O. The number of carbonyl (C=O) groups excluding carboxylic acids is 1. The lowest BCUT2D eigenvalue weighted by Gasteiger charge is -2.22. The molecule has 0 radical (unpaired) electrons. The van der Waals surface area contributed by atoms with E-state index in [0.29, 0.717) is 0 Å². The van der Waals surface area contributed by atoms with Crippen molar-refractivity contribution < 1.29 is 17.8 Å². The molecule has 0 rings (SSSR count). The van der Waals surface area contributed by atoms with Crippen LogP contribution in [0.2, 0.25) is 0 Å². The molecule has 0 atom stereocenters. The Bertz CT molecular complexity index is 281. The maximum atomic E-state index is 10.5. The fourth-order valence-electron chi connectivity index (χ4n) is 0.909. The summed E-state index contributed by atoms with van der Waals surface area (Å²) in [6.07, 6.45) is 0. The molecule has 78 valence electrons. The van der Waals surface area contributed by atoms with Gasteiger partial charge in [0, 0.05) is 13.5 Å². The smallest absolute Gasteiger partial charge is 0.265 e. The first-order chi connectivity index (χ1) is 5.62. The van der Waals surface area contributed by atoms with Crippen molar-refractivity contribution in [2.45, 2.75) is 20.8 Å². The van der Waals surface area contributed by atoms with E-state index in [1.807, 2.05) is 0 Å². The summed E-state index contributed by atoms with van der Waals surface area (Å²) >= 11 is 0. The van der Waals surface area contributed by atoms with Crippen molar-refractivity contribution >= 4 is 16.0 Å². The third-order valence-corrected chi connectivity index (χ3v) is 2.54. The summed E-state index contributed by atoms with van der Waals surface area (Å²) in [4.78, 5) is 10.5. The number of hydrogen-bond donors (Lipinski definition) is 2. The zero-order valence-corrected chi connectivity index (χ0v) is 8.81. The number of hydrogen-bond acceptors (Lipinski definition) is 3. The van der Waals surface area contributed by atoms with Crippen molar-refractivity contribution in [2.24, 2.45) is 5.41 Å². The molecule has 2 N–H and O–H groups in total. The van der Waals surface area contributed by atoms with Gasteiger partial charge in [-0.2, -0.15) is 8.42 Å². The van der Waals surface area contributed by atoms with E-state index in [2.05, 4.69) is 5.32 Å². The minimum absolute atomic E-state index is 0.219. The highest BCUT2D eigenvalue weighted by Gasteiger charge is 2.24. The summed E-state index contributed by atoms with van der Waals surface area (Å²) in [5, 5.41) is 2.49. The molecule has 0 fully saturated rings. The second kappa shape index (κ2) is 4.06. The van der Waals surface area contributed by atoms with Gasteiger partial charge in [-0.1, -0.05) is 13.8 Å². The first-order valence-corrected chi connectivity index (χ1v) is 5.43. The average Bonchev–Trinajstić information content (AvgIpc) is 1.78. The van der Waals surface area contributed by atoms with Crippen LogP contribution in [-0.2, 0) is 14.9 Å². The monoisotopic (exact) mass is 209 g/mol. The highest BCUT2D eigenvalue weighted by Crippen LogP contribution is 2.15. The molecule has 0 unspecified atom stereocenters. The molecule has 0 aliphatic carbocycles. The van der Waals surface area contributed by atoms with Gasteiger partial charge in [0.2, 0.25) is 5.91 Å². The van der Waals surface area contributed by atoms with Crippen LogP contribution in [0, 0.1) is 5.41 Å². The molecule has 0 spiro atoms. The highest BCUT2D eigenvalue weighted by atomic mass is 32.2. The molecule has 0 aromatic carbocycles. The van der Waals surface area contributed by atoms with Crippen LogP contribution >= 0.6 is 0 Å². The van der Waals surface area contributed by atoms with Gasteiger partial charge in [0.1, 0.15) is 0 Å². The zero-order chi connectivity index (χ0) is 10.7. The van der Waals surface area contributed by atoms with E-state index < -0.39 is 15.5 Å². The quantitative estimate of drug-likeness (QED) is 0.640. The minimum Gasteiger partial charge on any atom is -0.356 e. The maximum absolute atomic E-state index is 10.5. The maximum Gasteiger partial charge on any atom is 0.265 e. The van der Waals surface area contributed by atoms with Gasteiger partial charge in [-0.25, -0.2) is 0 Å². The second-order valence-corrected chi connectivity index (χ2v) is 5.25. The van der Waals surface area contributed by atoms with Crippen LogP contribution in [0.5, 0.6) is 0 Å². The Morgan fingerprint density at radius 3 is 2.23 bits per heavy atom. The number of carbonyl (C=O) groups is 1. The fourth-order valence-corrected chi connectivity index (χ4v) is 2.00. The van der Waals surface area contributed by atoms with Crippen molar-refractivity contribution in [3.63, 3.8) is 0 Å². The second-order valence-electron chi connectivity index (χ2n) is 3.80. The van der Waals surface area contributed by atoms with Crippen molar-refractivity contribution in [1.82, 2.24) is 5.32 Å². The Morgan fingerprint density at radius 1 is 1.46 bits per heavy atom. The normalized spacial score (nSPS) is 12.6. The molecule has 0 saturated carbocycles. The summed E-state index contributed by atoms with van der Waals surface area (Å²) in [6.45, 7) is 4.87. The molecule has 0 aliphatic heterocycles. The van der Waals surface area contributed by atoms with Gasteiger partial charge in [-0.3, -0.25) is 9.35 Å². The zero-order valence-electron chi connectivity index (χ0n) is 7.99. The molecule has 0 aromatic heterocycles. The van der Waals surface area contributed by atoms with Gasteiger partial charge in [-0.05, 0) is 5.41 Å². The van der Waals surface area contributed by atoms with Crippen LogP contribution in [0.4, 0.5) is 0 Å². The number of amides is 1. The molecular formula is C7H15NO4S. The number of nitrogens with one attached hydrogen (secondary N) is 1. The lowest BCUT2D eigenvalue weighted by molar-refractivity contribution is -0.119. The lowest BCUT2D eigenvalue weighted by Crippen LogP contribution is -2.37. The van der Waals surface area contributed by atoms with Crippen LogP contribution in [0.25, 0.3) is 0 Å². The predicted octanol–water partition coefficient (Wildman–Crippen LogP) is 0.0365. The highest BCUT2D eigenvalue weighted by molar-refractivity contribution is 7.85. The van der Waals surface area contributed by atoms with Gasteiger partial charge in [0.05, 0.1) is 5.75 Å². The topological polar surface area (TPSA) is 83.5 Å². The van der Waals surface area contributed by atoms with Gasteiger partial charge in [0.15, 0.2) is 0 Å². The van der Waals surface area contributed by atoms with Gasteiger partial charge in [-0.15, -0.1) is 0 Å². The lowest BCUT2D eigenvalue weighted by atomic mass is 9.96. The Hall–Kier alpha value is -0.620. The van der Waals surface area contributed by atoms with E-state index in [1.54, 1.807) is 13.8 Å². The molecule has 5 nitrogen and oxygen atoms in total. The summed E-state index contributed by atoms with van der Waals surface area (Å²) in [7, 11) is -3.98. The first kappa shape index (κ1) is 12.4. The third kappa shape index (κ3) is 7.73. The average molecular weight is 209 g/mol. The molecule has 0 aromatic rings. The van der Waals surface area contributed by atoms with Crippen molar-refractivity contribution in [2.75, 3.05) is 12.3 Å². The molecule has 0 bridgehead atoms. The van der Waals surface area contributed by atoms with Gasteiger partial charge < -0.3 is 5.32 Å². The first-order valence-electron chi connectivity index (χ1n) is 3.82. The molecule has 6 heteroatoms. The Kier molecular flexibility index (Phi) is 3.87. The molecular weight excluding hydrogens is 194 g/mol. The van der Waals surface area contributed by atoms with E-state index in [1.165, 1.54) is 6.92 Å². The van der Waals surface area contributed by atoms with Crippen LogP contribution < -0.4 is 5.32 Å². The standard InChI is InChI=1S/C7H15NO4S/c1-6(9)8-4-7(2,3)5-13(10,11)12/h4-5H2,1-3H3,(H,8,9)(H,10,11,12). The van der Waals surface area contributed by atoms with Crippen molar-refractivity contribution in [1.29, 1.82) is 0 Å².